The highest BCUT2D eigenvalue weighted by atomic mass is 32.2. The highest BCUT2D eigenvalue weighted by Crippen LogP contribution is 2.53. The zero-order valence-corrected chi connectivity index (χ0v) is 11.5. The number of nitrogens with one attached hydrogen (secondary N) is 1. The van der Waals surface area contributed by atoms with E-state index in [4.69, 9.17) is 5.73 Å². The third-order valence-corrected chi connectivity index (χ3v) is 4.53. The Labute approximate surface area is 108 Å². The van der Waals surface area contributed by atoms with Gasteiger partial charge in [0.1, 0.15) is 0 Å². The molecule has 0 spiro atoms. The van der Waals surface area contributed by atoms with Crippen LogP contribution in [0.2, 0.25) is 0 Å². The molecule has 3 heteroatoms. The number of hydrogen-bond acceptors (Lipinski definition) is 3. The molecule has 2 nitrogen and oxygen atoms in total. The molecule has 0 aromatic heterocycles. The van der Waals surface area contributed by atoms with E-state index in [9.17, 15) is 0 Å². The van der Waals surface area contributed by atoms with Crippen molar-refractivity contribution in [2.24, 2.45) is 11.1 Å². The van der Waals surface area contributed by atoms with Gasteiger partial charge in [-0.05, 0) is 43.3 Å². The average Bonchev–Trinajstić information content (AvgIpc) is 3.11. The summed E-state index contributed by atoms with van der Waals surface area (Å²) in [4.78, 5) is 1.34. The minimum absolute atomic E-state index is 0.177. The Morgan fingerprint density at radius 2 is 2.00 bits per heavy atom. The highest BCUT2D eigenvalue weighted by molar-refractivity contribution is 7.99. The van der Waals surface area contributed by atoms with Gasteiger partial charge in [0.25, 0.3) is 0 Å². The van der Waals surface area contributed by atoms with Crippen LogP contribution < -0.4 is 11.1 Å². The van der Waals surface area contributed by atoms with Gasteiger partial charge in [0.15, 0.2) is 0 Å². The lowest BCUT2D eigenvalue weighted by molar-refractivity contribution is 0.392. The van der Waals surface area contributed by atoms with Crippen LogP contribution in [0.1, 0.15) is 31.4 Å². The molecule has 1 aromatic carbocycles. The first-order valence-electron chi connectivity index (χ1n) is 6.35. The summed E-state index contributed by atoms with van der Waals surface area (Å²) >= 11 is 1.88. The van der Waals surface area contributed by atoms with Crippen molar-refractivity contribution >= 4 is 11.8 Å². The summed E-state index contributed by atoms with van der Waals surface area (Å²) in [6.07, 6.45) is 2.50. The van der Waals surface area contributed by atoms with Crippen LogP contribution in [0.15, 0.2) is 29.2 Å². The van der Waals surface area contributed by atoms with Gasteiger partial charge in [0, 0.05) is 22.9 Å². The Hall–Kier alpha value is -0.510. The smallest absolute Gasteiger partial charge is 0.0364 e. The lowest BCUT2D eigenvalue weighted by Crippen LogP contribution is -2.31. The van der Waals surface area contributed by atoms with Crippen molar-refractivity contribution in [1.29, 1.82) is 0 Å². The van der Waals surface area contributed by atoms with E-state index in [2.05, 4.69) is 36.5 Å². The van der Waals surface area contributed by atoms with Crippen molar-refractivity contribution < 1.29 is 0 Å². The summed E-state index contributed by atoms with van der Waals surface area (Å²) in [7, 11) is 2.01. The van der Waals surface area contributed by atoms with Gasteiger partial charge in [-0.25, -0.2) is 0 Å². The van der Waals surface area contributed by atoms with Gasteiger partial charge in [0.2, 0.25) is 0 Å². The molecule has 3 N–H and O–H groups in total. The van der Waals surface area contributed by atoms with Gasteiger partial charge in [-0.2, -0.15) is 0 Å². The van der Waals surface area contributed by atoms with Crippen molar-refractivity contribution in [2.45, 2.75) is 30.7 Å². The maximum atomic E-state index is 6.40. The Bertz CT molecular complexity index is 357. The maximum absolute atomic E-state index is 6.40. The molecule has 0 heterocycles. The maximum Gasteiger partial charge on any atom is 0.0364 e. The molecule has 0 saturated heterocycles. The molecule has 1 aliphatic rings. The Morgan fingerprint density at radius 3 is 2.47 bits per heavy atom. The molecular weight excluding hydrogens is 228 g/mol. The SMILES string of the molecule is CCSc1ccc(C(N)C2(CNC)CC2)cc1. The Kier molecular flexibility index (Phi) is 4.13. The quantitative estimate of drug-likeness (QED) is 0.763. The number of rotatable bonds is 6. The fourth-order valence-electron chi connectivity index (χ4n) is 2.40. The molecule has 2 rings (SSSR count). The van der Waals surface area contributed by atoms with Crippen molar-refractivity contribution in [3.8, 4) is 0 Å². The molecule has 1 atom stereocenters. The summed E-state index contributed by atoms with van der Waals surface area (Å²) in [5.74, 6) is 1.12. The molecule has 1 aliphatic carbocycles. The van der Waals surface area contributed by atoms with Gasteiger partial charge in [-0.1, -0.05) is 19.1 Å². The fraction of sp³-hybridized carbons (Fsp3) is 0.571. The third kappa shape index (κ3) is 2.84. The van der Waals surface area contributed by atoms with Crippen LogP contribution in [0.4, 0.5) is 0 Å². The van der Waals surface area contributed by atoms with Crippen LogP contribution in [0.25, 0.3) is 0 Å². The molecule has 1 aromatic rings. The second kappa shape index (κ2) is 5.42. The van der Waals surface area contributed by atoms with Crippen LogP contribution in [0.5, 0.6) is 0 Å². The largest absolute Gasteiger partial charge is 0.323 e. The molecule has 0 amide bonds. The van der Waals surface area contributed by atoms with Gasteiger partial charge < -0.3 is 11.1 Å². The van der Waals surface area contributed by atoms with E-state index in [-0.39, 0.29) is 6.04 Å². The third-order valence-electron chi connectivity index (χ3n) is 3.63. The minimum atomic E-state index is 0.177. The van der Waals surface area contributed by atoms with E-state index in [1.54, 1.807) is 0 Å². The lowest BCUT2D eigenvalue weighted by Gasteiger charge is -2.23. The first-order chi connectivity index (χ1) is 8.22. The molecule has 0 bridgehead atoms. The Morgan fingerprint density at radius 1 is 1.35 bits per heavy atom. The standard InChI is InChI=1S/C14H22N2S/c1-3-17-12-6-4-11(5-7-12)13(15)14(8-9-14)10-16-2/h4-7,13,16H,3,8-10,15H2,1-2H3. The predicted octanol–water partition coefficient (Wildman–Crippen LogP) is 2.80. The molecule has 17 heavy (non-hydrogen) atoms. The molecule has 1 saturated carbocycles. The number of benzene rings is 1. The number of thioether (sulfide) groups is 1. The first-order valence-corrected chi connectivity index (χ1v) is 7.33. The molecule has 0 aliphatic heterocycles. The zero-order valence-electron chi connectivity index (χ0n) is 10.7. The van der Waals surface area contributed by atoms with E-state index in [1.165, 1.54) is 23.3 Å². The van der Waals surface area contributed by atoms with Crippen LogP contribution in [-0.2, 0) is 0 Å². The predicted molar refractivity (Wildman–Crippen MR) is 75.4 cm³/mol. The van der Waals surface area contributed by atoms with Gasteiger partial charge in [-0.15, -0.1) is 11.8 Å². The summed E-state index contributed by atoms with van der Waals surface area (Å²) < 4.78 is 0. The minimum Gasteiger partial charge on any atom is -0.323 e. The molecule has 1 unspecified atom stereocenters. The Balaban J connectivity index is 2.06. The van der Waals surface area contributed by atoms with E-state index >= 15 is 0 Å². The van der Waals surface area contributed by atoms with Crippen molar-refractivity contribution in [2.75, 3.05) is 19.3 Å². The second-order valence-corrected chi connectivity index (χ2v) is 6.21. The van der Waals surface area contributed by atoms with Gasteiger partial charge in [0.05, 0.1) is 0 Å². The molecule has 1 fully saturated rings. The van der Waals surface area contributed by atoms with E-state index in [1.807, 2.05) is 18.8 Å². The molecule has 0 radical (unpaired) electrons. The summed E-state index contributed by atoms with van der Waals surface area (Å²) in [5.41, 5.74) is 7.99. The molecular formula is C14H22N2S. The zero-order chi connectivity index (χ0) is 12.3. The van der Waals surface area contributed by atoms with Crippen LogP contribution in [0.3, 0.4) is 0 Å². The molecule has 94 valence electrons. The average molecular weight is 250 g/mol. The summed E-state index contributed by atoms with van der Waals surface area (Å²) in [5, 5.41) is 3.27. The van der Waals surface area contributed by atoms with Crippen molar-refractivity contribution in [3.63, 3.8) is 0 Å². The fourth-order valence-corrected chi connectivity index (χ4v) is 3.06. The van der Waals surface area contributed by atoms with Crippen molar-refractivity contribution in [1.82, 2.24) is 5.32 Å². The lowest BCUT2D eigenvalue weighted by atomic mass is 9.91. The van der Waals surface area contributed by atoms with Gasteiger partial charge in [-0.3, -0.25) is 0 Å². The van der Waals surface area contributed by atoms with Crippen LogP contribution in [0, 0.1) is 5.41 Å². The number of hydrogen-bond donors (Lipinski definition) is 2. The summed E-state index contributed by atoms with van der Waals surface area (Å²) in [6.45, 7) is 3.20. The normalized spacial score (nSPS) is 19.0. The topological polar surface area (TPSA) is 38.0 Å². The second-order valence-electron chi connectivity index (χ2n) is 4.87. The van der Waals surface area contributed by atoms with E-state index < -0.39 is 0 Å². The van der Waals surface area contributed by atoms with Crippen LogP contribution >= 0.6 is 11.8 Å². The first kappa shape index (κ1) is 12.9. The van der Waals surface area contributed by atoms with Crippen LogP contribution in [-0.4, -0.2) is 19.3 Å². The monoisotopic (exact) mass is 250 g/mol. The van der Waals surface area contributed by atoms with Gasteiger partial charge >= 0.3 is 0 Å². The van der Waals surface area contributed by atoms with Crippen molar-refractivity contribution in [3.05, 3.63) is 29.8 Å². The summed E-state index contributed by atoms with van der Waals surface area (Å²) in [6, 6.07) is 8.95. The van der Waals surface area contributed by atoms with E-state index in [0.29, 0.717) is 5.41 Å². The van der Waals surface area contributed by atoms with E-state index in [0.717, 1.165) is 12.3 Å². The number of nitrogens with two attached hydrogens (primary N) is 1. The highest BCUT2D eigenvalue weighted by Gasteiger charge is 2.47.